The smallest absolute Gasteiger partial charge is 0.126 e. The molecule has 0 aromatic heterocycles. The summed E-state index contributed by atoms with van der Waals surface area (Å²) in [6, 6.07) is 32.5. The number of aliphatic imine (C=N–C) groups is 1. The number of unbranched alkanes of at least 4 members (excludes halogenated alkanes) is 9. The van der Waals surface area contributed by atoms with Crippen molar-refractivity contribution in [3.63, 3.8) is 0 Å². The first-order valence-electron chi connectivity index (χ1n) is 19.6. The predicted molar refractivity (Wildman–Crippen MR) is 217 cm³/mol. The topological polar surface area (TPSA) is 115 Å². The lowest BCUT2D eigenvalue weighted by molar-refractivity contribution is 0.269. The maximum absolute atomic E-state index is 8.94. The highest BCUT2D eigenvalue weighted by atomic mass is 16.5. The maximum atomic E-state index is 8.94. The molecule has 4 aromatic carbocycles. The summed E-state index contributed by atoms with van der Waals surface area (Å²) in [5, 5.41) is 17.9. The van der Waals surface area contributed by atoms with Crippen LogP contribution in [0.15, 0.2) is 96.0 Å². The maximum Gasteiger partial charge on any atom is 0.126 e. The van der Waals surface area contributed by atoms with E-state index in [1.54, 1.807) is 31.3 Å². The zero-order valence-corrected chi connectivity index (χ0v) is 32.3. The van der Waals surface area contributed by atoms with E-state index in [-0.39, 0.29) is 0 Å². The molecule has 0 radical (unpaired) electrons. The minimum absolute atomic E-state index is 0.614. The van der Waals surface area contributed by atoms with Crippen molar-refractivity contribution in [1.82, 2.24) is 0 Å². The molecule has 0 aliphatic rings. The van der Waals surface area contributed by atoms with E-state index >= 15 is 0 Å². The van der Waals surface area contributed by atoms with Crippen molar-refractivity contribution in [2.45, 2.75) is 77.0 Å². The molecule has 55 heavy (non-hydrogen) atoms. The Morgan fingerprint density at radius 3 is 0.945 bits per heavy atom. The molecule has 4 aromatic rings. The fourth-order valence-corrected chi connectivity index (χ4v) is 5.66. The summed E-state index contributed by atoms with van der Waals surface area (Å²) in [6.07, 6.45) is 13.9. The Hall–Kier alpha value is -5.67. The molecule has 0 aliphatic heterocycles. The molecule has 0 atom stereocenters. The molecule has 0 aliphatic carbocycles. The minimum atomic E-state index is 0.614. The van der Waals surface area contributed by atoms with E-state index in [9.17, 15) is 0 Å². The Labute approximate surface area is 327 Å². The van der Waals surface area contributed by atoms with Crippen molar-refractivity contribution < 1.29 is 28.4 Å². The molecular weight excluding hydrogens is 691 g/mol. The first-order valence-corrected chi connectivity index (χ1v) is 19.6. The number of hydrogen-bond donors (Lipinski definition) is 0. The van der Waals surface area contributed by atoms with Gasteiger partial charge < -0.3 is 28.4 Å². The van der Waals surface area contributed by atoms with Crippen LogP contribution in [0, 0.1) is 22.7 Å². The average Bonchev–Trinajstić information content (AvgIpc) is 3.22. The number of nitriles is 2. The first kappa shape index (κ1) is 42.1. The highest BCUT2D eigenvalue weighted by Gasteiger charge is 2.07. The summed E-state index contributed by atoms with van der Waals surface area (Å²) in [5.41, 5.74) is 2.33. The van der Waals surface area contributed by atoms with Crippen LogP contribution >= 0.6 is 0 Å². The molecule has 0 amide bonds. The number of nitrogens with zero attached hydrogens (tertiary/aromatic N) is 3. The van der Waals surface area contributed by atoms with Crippen molar-refractivity contribution in [3.05, 3.63) is 108 Å². The lowest BCUT2D eigenvalue weighted by Gasteiger charge is -2.14. The molecule has 0 fully saturated rings. The molecule has 0 bridgehead atoms. The summed E-state index contributed by atoms with van der Waals surface area (Å²) < 4.78 is 36.0. The van der Waals surface area contributed by atoms with Gasteiger partial charge in [0.25, 0.3) is 0 Å². The van der Waals surface area contributed by atoms with Gasteiger partial charge in [0.15, 0.2) is 0 Å². The van der Waals surface area contributed by atoms with E-state index in [0.717, 1.165) is 117 Å². The average molecular weight is 746 g/mol. The molecule has 0 unspecified atom stereocenters. The lowest BCUT2D eigenvalue weighted by atomic mass is 10.2. The summed E-state index contributed by atoms with van der Waals surface area (Å²) in [6.45, 7) is 3.85. The van der Waals surface area contributed by atoms with Gasteiger partial charge in [0.05, 0.1) is 62.9 Å². The van der Waals surface area contributed by atoms with E-state index in [1.807, 2.05) is 72.9 Å². The molecule has 290 valence electrons. The van der Waals surface area contributed by atoms with E-state index in [0.29, 0.717) is 50.8 Å². The minimum Gasteiger partial charge on any atom is -0.494 e. The van der Waals surface area contributed by atoms with E-state index < -0.39 is 0 Å². The number of benzene rings is 4. The summed E-state index contributed by atoms with van der Waals surface area (Å²) in [5.74, 6) is 4.73. The van der Waals surface area contributed by atoms with Crippen LogP contribution in [0.25, 0.3) is 0 Å². The lowest BCUT2D eigenvalue weighted by Crippen LogP contribution is -2.03. The van der Waals surface area contributed by atoms with E-state index in [2.05, 4.69) is 17.1 Å². The van der Waals surface area contributed by atoms with Gasteiger partial charge in [-0.3, -0.25) is 4.99 Å². The van der Waals surface area contributed by atoms with Gasteiger partial charge in [-0.05, 0) is 155 Å². The van der Waals surface area contributed by atoms with Crippen LogP contribution in [0.4, 0.5) is 0 Å². The van der Waals surface area contributed by atoms with Gasteiger partial charge in [0.2, 0.25) is 0 Å². The zero-order chi connectivity index (χ0) is 38.6. The Morgan fingerprint density at radius 1 is 0.400 bits per heavy atom. The van der Waals surface area contributed by atoms with Gasteiger partial charge >= 0.3 is 0 Å². The van der Waals surface area contributed by atoms with Gasteiger partial charge in [-0.15, -0.1) is 0 Å². The molecule has 4 rings (SSSR count). The van der Waals surface area contributed by atoms with Crippen LogP contribution in [-0.2, 0) is 0 Å². The van der Waals surface area contributed by atoms with Gasteiger partial charge in [-0.1, -0.05) is 0 Å². The number of ether oxygens (including phenoxy) is 6. The third-order valence-electron chi connectivity index (χ3n) is 8.71. The fourth-order valence-electron chi connectivity index (χ4n) is 5.66. The highest BCUT2D eigenvalue weighted by Crippen LogP contribution is 2.29. The molecule has 0 heterocycles. The molecule has 0 saturated carbocycles. The van der Waals surface area contributed by atoms with Gasteiger partial charge in [-0.2, -0.15) is 10.5 Å². The normalized spacial score (nSPS) is 10.7. The van der Waals surface area contributed by atoms with E-state index in [1.165, 1.54) is 0 Å². The second-order valence-corrected chi connectivity index (χ2v) is 13.2. The summed E-state index contributed by atoms with van der Waals surface area (Å²) >= 11 is 0. The molecule has 9 nitrogen and oxygen atoms in total. The Kier molecular flexibility index (Phi) is 20.0. The molecular formula is C46H55N3O6. The van der Waals surface area contributed by atoms with Crippen LogP contribution in [0.2, 0.25) is 0 Å². The van der Waals surface area contributed by atoms with E-state index in [4.69, 9.17) is 38.9 Å². The molecule has 0 N–H and O–H groups in total. The number of hydrogen-bond acceptors (Lipinski definition) is 9. The third-order valence-corrected chi connectivity index (χ3v) is 8.71. The van der Waals surface area contributed by atoms with Crippen molar-refractivity contribution >= 4 is 6.21 Å². The van der Waals surface area contributed by atoms with Crippen LogP contribution in [0.1, 0.15) is 93.7 Å². The Morgan fingerprint density at radius 2 is 0.673 bits per heavy atom. The van der Waals surface area contributed by atoms with Gasteiger partial charge in [0, 0.05) is 31.5 Å². The summed E-state index contributed by atoms with van der Waals surface area (Å²) in [7, 11) is 1.77. The van der Waals surface area contributed by atoms with Gasteiger partial charge in [0.1, 0.15) is 34.5 Å². The van der Waals surface area contributed by atoms with Crippen LogP contribution in [0.3, 0.4) is 0 Å². The molecule has 0 spiro atoms. The third kappa shape index (κ3) is 17.8. The van der Waals surface area contributed by atoms with Crippen molar-refractivity contribution in [3.8, 4) is 46.6 Å². The SMILES string of the molecule is CN=Cc1ccc(OCCCCCCOc2cc(OCCCCCCOc3ccc(C#N)cc3)cc(OCCCCCCOc3ccc(C#N)cc3)c2)cc1. The monoisotopic (exact) mass is 745 g/mol. The van der Waals surface area contributed by atoms with Crippen molar-refractivity contribution in [1.29, 1.82) is 10.5 Å². The number of rotatable bonds is 28. The Bertz CT molecular complexity index is 1650. The fraction of sp³-hybridized carbons (Fsp3) is 0.413. The molecule has 0 saturated heterocycles. The second-order valence-electron chi connectivity index (χ2n) is 13.2. The quantitative estimate of drug-likeness (QED) is 0.0417. The van der Waals surface area contributed by atoms with Crippen molar-refractivity contribution in [2.75, 3.05) is 46.7 Å². The first-order chi connectivity index (χ1) is 27.1. The Balaban J connectivity index is 1.13. The summed E-state index contributed by atoms with van der Waals surface area (Å²) in [4.78, 5) is 4.04. The van der Waals surface area contributed by atoms with Crippen molar-refractivity contribution in [2.24, 2.45) is 4.99 Å². The zero-order valence-electron chi connectivity index (χ0n) is 32.3. The van der Waals surface area contributed by atoms with Crippen LogP contribution < -0.4 is 28.4 Å². The van der Waals surface area contributed by atoms with Crippen LogP contribution in [-0.4, -0.2) is 52.9 Å². The highest BCUT2D eigenvalue weighted by molar-refractivity contribution is 5.79. The second kappa shape index (κ2) is 26.2. The largest absolute Gasteiger partial charge is 0.494 e. The molecule has 9 heteroatoms. The van der Waals surface area contributed by atoms with Gasteiger partial charge in [-0.25, -0.2) is 0 Å². The van der Waals surface area contributed by atoms with Crippen LogP contribution in [0.5, 0.6) is 34.5 Å². The standard InChI is InChI=1S/C46H55N3O6/c1-49-37-40-18-24-43(25-19-40)52-28-10-4-7-13-31-55-46-33-44(53-29-11-5-2-8-26-50-41-20-14-38(35-47)15-21-41)32-45(34-46)54-30-12-6-3-9-27-51-42-22-16-39(36-48)17-23-42/h14-25,32-34,37H,2-13,26-31H2,1H3. The predicted octanol–water partition coefficient (Wildman–Crippen LogP) is 10.5.